The molecule has 2 rings (SSSR count). The summed E-state index contributed by atoms with van der Waals surface area (Å²) in [5.74, 6) is -1.24. The van der Waals surface area contributed by atoms with Crippen LogP contribution in [-0.2, 0) is 13.6 Å². The Morgan fingerprint density at radius 3 is 2.74 bits per heavy atom. The van der Waals surface area contributed by atoms with Crippen molar-refractivity contribution in [1.82, 2.24) is 14.3 Å². The molecule has 0 amide bonds. The Labute approximate surface area is 113 Å². The Hall–Kier alpha value is -2.08. The van der Waals surface area contributed by atoms with E-state index >= 15 is 0 Å². The Morgan fingerprint density at radius 2 is 2.21 bits per heavy atom. The first-order valence-corrected chi connectivity index (χ1v) is 5.90. The second-order valence-corrected chi connectivity index (χ2v) is 4.50. The molecule has 6 nitrogen and oxygen atoms in total. The molecular formula is C12H12ClN3O3. The average Bonchev–Trinajstić information content (AvgIpc) is 2.58. The van der Waals surface area contributed by atoms with E-state index in [9.17, 15) is 9.59 Å². The lowest BCUT2D eigenvalue weighted by Gasteiger charge is -2.06. The molecule has 0 aliphatic heterocycles. The number of hydrogen-bond donors (Lipinski definition) is 1. The summed E-state index contributed by atoms with van der Waals surface area (Å²) in [6, 6.07) is 2.79. The summed E-state index contributed by atoms with van der Waals surface area (Å²) >= 11 is 6.09. The van der Waals surface area contributed by atoms with Gasteiger partial charge in [-0.25, -0.2) is 4.79 Å². The summed E-state index contributed by atoms with van der Waals surface area (Å²) < 4.78 is 2.82. The zero-order chi connectivity index (χ0) is 14.2. The molecular weight excluding hydrogens is 270 g/mol. The molecule has 0 saturated carbocycles. The van der Waals surface area contributed by atoms with E-state index in [2.05, 4.69) is 5.10 Å². The van der Waals surface area contributed by atoms with Gasteiger partial charge in [0.15, 0.2) is 0 Å². The minimum atomic E-state index is -1.24. The average molecular weight is 282 g/mol. The van der Waals surface area contributed by atoms with Gasteiger partial charge in [0.25, 0.3) is 5.56 Å². The number of pyridine rings is 1. The summed E-state index contributed by atoms with van der Waals surface area (Å²) in [5.41, 5.74) is 0.586. The topological polar surface area (TPSA) is 77.1 Å². The zero-order valence-corrected chi connectivity index (χ0v) is 11.2. The molecule has 0 aliphatic carbocycles. The minimum Gasteiger partial charge on any atom is -0.477 e. The maximum Gasteiger partial charge on any atom is 0.341 e. The molecule has 2 aromatic heterocycles. The third kappa shape index (κ3) is 2.39. The lowest BCUT2D eigenvalue weighted by Crippen LogP contribution is -2.26. The first-order chi connectivity index (χ1) is 8.91. The van der Waals surface area contributed by atoms with Gasteiger partial charge in [-0.2, -0.15) is 5.10 Å². The van der Waals surface area contributed by atoms with E-state index in [0.29, 0.717) is 16.4 Å². The maximum atomic E-state index is 12.0. The molecule has 2 aromatic rings. The standard InChI is InChI=1S/C12H12ClN3O3/c1-7-9(10(13)15(2)14-7)6-16-5-3-4-8(11(16)17)12(18)19/h3-5H,6H2,1-2H3,(H,18,19). The molecule has 0 aliphatic rings. The van der Waals surface area contributed by atoms with Crippen molar-refractivity contribution in [2.24, 2.45) is 7.05 Å². The van der Waals surface area contributed by atoms with Crippen LogP contribution in [0.15, 0.2) is 23.1 Å². The SMILES string of the molecule is Cc1nn(C)c(Cl)c1Cn1cccc(C(=O)O)c1=O. The summed E-state index contributed by atoms with van der Waals surface area (Å²) in [7, 11) is 1.70. The predicted molar refractivity (Wildman–Crippen MR) is 69.7 cm³/mol. The first kappa shape index (κ1) is 13.4. The highest BCUT2D eigenvalue weighted by Gasteiger charge is 2.15. The minimum absolute atomic E-state index is 0.193. The monoisotopic (exact) mass is 281 g/mol. The Kier molecular flexibility index (Phi) is 3.44. The quantitative estimate of drug-likeness (QED) is 0.920. The lowest BCUT2D eigenvalue weighted by atomic mass is 10.2. The van der Waals surface area contributed by atoms with E-state index in [0.717, 1.165) is 0 Å². The number of aromatic nitrogens is 3. The third-order valence-electron chi connectivity index (χ3n) is 2.85. The number of aryl methyl sites for hydroxylation is 2. The van der Waals surface area contributed by atoms with Crippen molar-refractivity contribution in [3.63, 3.8) is 0 Å². The molecule has 0 fully saturated rings. The smallest absolute Gasteiger partial charge is 0.341 e. The largest absolute Gasteiger partial charge is 0.477 e. The van der Waals surface area contributed by atoms with Crippen LogP contribution in [0.2, 0.25) is 5.15 Å². The van der Waals surface area contributed by atoms with Gasteiger partial charge in [0.1, 0.15) is 10.7 Å². The molecule has 0 aromatic carbocycles. The van der Waals surface area contributed by atoms with Gasteiger partial charge in [-0.3, -0.25) is 9.48 Å². The van der Waals surface area contributed by atoms with Gasteiger partial charge in [0, 0.05) is 18.8 Å². The fraction of sp³-hybridized carbons (Fsp3) is 0.250. The van der Waals surface area contributed by atoms with Crippen molar-refractivity contribution >= 4 is 17.6 Å². The fourth-order valence-electron chi connectivity index (χ4n) is 1.85. The third-order valence-corrected chi connectivity index (χ3v) is 3.32. The normalized spacial score (nSPS) is 10.7. The highest BCUT2D eigenvalue weighted by Crippen LogP contribution is 2.19. The van der Waals surface area contributed by atoms with Crippen molar-refractivity contribution in [1.29, 1.82) is 0 Å². The van der Waals surface area contributed by atoms with Crippen LogP contribution in [0.5, 0.6) is 0 Å². The summed E-state index contributed by atoms with van der Waals surface area (Å²) in [6.07, 6.45) is 1.53. The van der Waals surface area contributed by atoms with Gasteiger partial charge in [-0.1, -0.05) is 11.6 Å². The van der Waals surface area contributed by atoms with Gasteiger partial charge in [-0.15, -0.1) is 0 Å². The summed E-state index contributed by atoms with van der Waals surface area (Å²) in [6.45, 7) is 1.98. The molecule has 0 unspecified atom stereocenters. The van der Waals surface area contributed by atoms with Crippen molar-refractivity contribution in [3.05, 3.63) is 50.7 Å². The Bertz CT molecular complexity index is 703. The van der Waals surface area contributed by atoms with Crippen molar-refractivity contribution < 1.29 is 9.90 Å². The van der Waals surface area contributed by atoms with Crippen LogP contribution in [-0.4, -0.2) is 25.4 Å². The van der Waals surface area contributed by atoms with Crippen LogP contribution in [0.1, 0.15) is 21.6 Å². The summed E-state index contributed by atoms with van der Waals surface area (Å²) in [4.78, 5) is 22.9. The van der Waals surface area contributed by atoms with E-state index in [1.165, 1.54) is 27.6 Å². The van der Waals surface area contributed by atoms with Crippen LogP contribution in [0, 0.1) is 6.92 Å². The second kappa shape index (κ2) is 4.89. The number of hydrogen-bond acceptors (Lipinski definition) is 3. The van der Waals surface area contributed by atoms with Crippen LogP contribution >= 0.6 is 11.6 Å². The second-order valence-electron chi connectivity index (χ2n) is 4.14. The molecule has 100 valence electrons. The van der Waals surface area contributed by atoms with Gasteiger partial charge < -0.3 is 9.67 Å². The Morgan fingerprint density at radius 1 is 1.53 bits per heavy atom. The van der Waals surface area contributed by atoms with Gasteiger partial charge in [-0.05, 0) is 19.1 Å². The molecule has 0 bridgehead atoms. The number of carbonyl (C=O) groups is 1. The zero-order valence-electron chi connectivity index (χ0n) is 10.4. The number of carboxylic acids is 1. The van der Waals surface area contributed by atoms with E-state index in [-0.39, 0.29) is 12.1 Å². The highest BCUT2D eigenvalue weighted by molar-refractivity contribution is 6.30. The van der Waals surface area contributed by atoms with Crippen LogP contribution in [0.3, 0.4) is 0 Å². The first-order valence-electron chi connectivity index (χ1n) is 5.52. The maximum absolute atomic E-state index is 12.0. The molecule has 0 spiro atoms. The van der Waals surface area contributed by atoms with E-state index < -0.39 is 11.5 Å². The molecule has 0 atom stereocenters. The number of halogens is 1. The number of rotatable bonds is 3. The van der Waals surface area contributed by atoms with E-state index in [4.69, 9.17) is 16.7 Å². The Balaban J connectivity index is 2.47. The van der Waals surface area contributed by atoms with Crippen molar-refractivity contribution in [2.75, 3.05) is 0 Å². The number of aromatic carboxylic acids is 1. The predicted octanol–water partition coefficient (Wildman–Crippen LogP) is 1.29. The molecule has 0 saturated heterocycles. The van der Waals surface area contributed by atoms with Gasteiger partial charge in [0.2, 0.25) is 0 Å². The van der Waals surface area contributed by atoms with E-state index in [1.807, 2.05) is 0 Å². The van der Waals surface area contributed by atoms with Crippen molar-refractivity contribution in [2.45, 2.75) is 13.5 Å². The molecule has 1 N–H and O–H groups in total. The molecule has 19 heavy (non-hydrogen) atoms. The van der Waals surface area contributed by atoms with E-state index in [1.54, 1.807) is 14.0 Å². The molecule has 0 radical (unpaired) electrons. The van der Waals surface area contributed by atoms with Gasteiger partial charge >= 0.3 is 5.97 Å². The number of nitrogens with zero attached hydrogens (tertiary/aromatic N) is 3. The molecule has 2 heterocycles. The number of carboxylic acid groups (broad SMARTS) is 1. The lowest BCUT2D eigenvalue weighted by molar-refractivity contribution is 0.0694. The molecule has 7 heteroatoms. The van der Waals surface area contributed by atoms with Crippen LogP contribution < -0.4 is 5.56 Å². The van der Waals surface area contributed by atoms with Crippen LogP contribution in [0.4, 0.5) is 0 Å². The van der Waals surface area contributed by atoms with Crippen LogP contribution in [0.25, 0.3) is 0 Å². The summed E-state index contributed by atoms with van der Waals surface area (Å²) in [5, 5.41) is 13.5. The highest BCUT2D eigenvalue weighted by atomic mass is 35.5. The fourth-order valence-corrected chi connectivity index (χ4v) is 2.08. The van der Waals surface area contributed by atoms with Gasteiger partial charge in [0.05, 0.1) is 12.2 Å². The van der Waals surface area contributed by atoms with Crippen molar-refractivity contribution in [3.8, 4) is 0 Å².